The van der Waals surface area contributed by atoms with Crippen LogP contribution in [0.3, 0.4) is 0 Å². The molecule has 1 fully saturated rings. The van der Waals surface area contributed by atoms with Crippen LogP contribution in [0.5, 0.6) is 0 Å². The third-order valence-electron chi connectivity index (χ3n) is 6.17. The lowest BCUT2D eigenvalue weighted by molar-refractivity contribution is -0.140. The number of anilines is 1. The number of carbonyl (C=O) groups excluding carboxylic acids is 2. The molecule has 0 aliphatic heterocycles. The van der Waals surface area contributed by atoms with Crippen molar-refractivity contribution in [1.82, 2.24) is 10.2 Å². The van der Waals surface area contributed by atoms with Crippen LogP contribution >= 0.6 is 23.2 Å². The number of rotatable bonds is 10. The van der Waals surface area contributed by atoms with Crippen molar-refractivity contribution in [3.8, 4) is 0 Å². The summed E-state index contributed by atoms with van der Waals surface area (Å²) in [5.74, 6) is -1.31. The topological polar surface area (TPSA) is 86.8 Å². The van der Waals surface area contributed by atoms with E-state index >= 15 is 0 Å². The number of hydrogen-bond donors (Lipinski definition) is 1. The second kappa shape index (κ2) is 12.3. The number of hydrogen-bond acceptors (Lipinski definition) is 4. The molecule has 0 heterocycles. The first kappa shape index (κ1) is 28.2. The molecule has 2 aromatic carbocycles. The smallest absolute Gasteiger partial charge is 0.244 e. The first-order chi connectivity index (χ1) is 17.0. The van der Waals surface area contributed by atoms with Gasteiger partial charge in [0.2, 0.25) is 21.8 Å². The maximum absolute atomic E-state index is 13.7. The van der Waals surface area contributed by atoms with Crippen molar-refractivity contribution in [3.05, 3.63) is 63.9 Å². The summed E-state index contributed by atoms with van der Waals surface area (Å²) in [4.78, 5) is 28.2. The van der Waals surface area contributed by atoms with E-state index in [4.69, 9.17) is 23.2 Å². The summed E-state index contributed by atoms with van der Waals surface area (Å²) in [5.41, 5.74) is 0.738. The monoisotopic (exact) mass is 557 g/mol. The summed E-state index contributed by atoms with van der Waals surface area (Å²) < 4.78 is 39.7. The first-order valence-corrected chi connectivity index (χ1v) is 14.4. The molecule has 1 N–H and O–H groups in total. The van der Waals surface area contributed by atoms with Gasteiger partial charge in [-0.25, -0.2) is 12.8 Å². The Morgan fingerprint density at radius 1 is 1.08 bits per heavy atom. The number of amides is 2. The highest BCUT2D eigenvalue weighted by Crippen LogP contribution is 2.27. The molecule has 1 aliphatic rings. The van der Waals surface area contributed by atoms with Crippen molar-refractivity contribution < 1.29 is 22.4 Å². The van der Waals surface area contributed by atoms with Crippen LogP contribution in [0.4, 0.5) is 10.1 Å². The van der Waals surface area contributed by atoms with Crippen LogP contribution in [-0.4, -0.2) is 50.0 Å². The maximum atomic E-state index is 13.7. The molecule has 0 saturated heterocycles. The molecule has 2 amide bonds. The number of carbonyl (C=O) groups is 2. The van der Waals surface area contributed by atoms with Crippen LogP contribution in [0.25, 0.3) is 0 Å². The zero-order valence-corrected chi connectivity index (χ0v) is 22.5. The van der Waals surface area contributed by atoms with Gasteiger partial charge in [0.1, 0.15) is 18.4 Å². The fourth-order valence-electron chi connectivity index (χ4n) is 4.37. The van der Waals surface area contributed by atoms with E-state index in [1.807, 2.05) is 0 Å². The van der Waals surface area contributed by atoms with E-state index in [9.17, 15) is 22.4 Å². The van der Waals surface area contributed by atoms with Crippen LogP contribution in [0.2, 0.25) is 10.0 Å². The van der Waals surface area contributed by atoms with E-state index in [0.717, 1.165) is 36.2 Å². The van der Waals surface area contributed by atoms with Crippen molar-refractivity contribution in [2.24, 2.45) is 0 Å². The lowest BCUT2D eigenvalue weighted by Crippen LogP contribution is -2.53. The van der Waals surface area contributed by atoms with Crippen LogP contribution in [0.1, 0.15) is 44.6 Å². The lowest BCUT2D eigenvalue weighted by Gasteiger charge is -2.33. The second-order valence-corrected chi connectivity index (χ2v) is 11.7. The predicted octanol–water partition coefficient (Wildman–Crippen LogP) is 4.76. The predicted molar refractivity (Wildman–Crippen MR) is 140 cm³/mol. The minimum Gasteiger partial charge on any atom is -0.352 e. The van der Waals surface area contributed by atoms with Crippen molar-refractivity contribution in [2.45, 2.75) is 57.7 Å². The van der Waals surface area contributed by atoms with Crippen LogP contribution in [-0.2, 0) is 26.2 Å². The molecule has 1 saturated carbocycles. The highest BCUT2D eigenvalue weighted by atomic mass is 35.5. The van der Waals surface area contributed by atoms with E-state index in [1.165, 1.54) is 47.4 Å². The standard InChI is InChI=1S/C25H30Cl2FN3O4S/c1-3-23(25(33)29-21-6-4-5-7-21)30(15-17-8-10-20(28)11-9-17)24(32)16-31(36(2,34)35)22-13-18(26)12-19(27)14-22/h8-14,21,23H,3-7,15-16H2,1-2H3,(H,29,33)/t23-/m0/s1. The molecule has 0 unspecified atom stereocenters. The molecule has 1 atom stereocenters. The first-order valence-electron chi connectivity index (χ1n) is 11.8. The van der Waals surface area contributed by atoms with Crippen molar-refractivity contribution >= 4 is 50.7 Å². The SMILES string of the molecule is CC[C@@H](C(=O)NC1CCCC1)N(Cc1ccc(F)cc1)C(=O)CN(c1cc(Cl)cc(Cl)c1)S(C)(=O)=O. The van der Waals surface area contributed by atoms with Crippen molar-refractivity contribution in [1.29, 1.82) is 0 Å². The molecule has 0 radical (unpaired) electrons. The van der Waals surface area contributed by atoms with Gasteiger partial charge >= 0.3 is 0 Å². The molecule has 11 heteroatoms. The molecule has 2 aromatic rings. The van der Waals surface area contributed by atoms with E-state index in [0.29, 0.717) is 12.0 Å². The zero-order chi connectivity index (χ0) is 26.5. The number of halogens is 3. The van der Waals surface area contributed by atoms with Gasteiger partial charge in [0, 0.05) is 22.6 Å². The van der Waals surface area contributed by atoms with E-state index in [-0.39, 0.29) is 34.2 Å². The summed E-state index contributed by atoms with van der Waals surface area (Å²) in [6.07, 6.45) is 5.12. The second-order valence-electron chi connectivity index (χ2n) is 8.96. The third kappa shape index (κ3) is 7.57. The Morgan fingerprint density at radius 3 is 2.19 bits per heavy atom. The normalized spacial score (nSPS) is 14.9. The van der Waals surface area contributed by atoms with Gasteiger partial charge < -0.3 is 10.2 Å². The van der Waals surface area contributed by atoms with Crippen molar-refractivity contribution in [2.75, 3.05) is 17.1 Å². The molecule has 3 rings (SSSR count). The largest absolute Gasteiger partial charge is 0.352 e. The number of nitrogens with zero attached hydrogens (tertiary/aromatic N) is 2. The highest BCUT2D eigenvalue weighted by Gasteiger charge is 2.33. The molecular formula is C25H30Cl2FN3O4S. The Labute approximate surface area is 221 Å². The molecule has 0 aromatic heterocycles. The Morgan fingerprint density at radius 2 is 1.67 bits per heavy atom. The fourth-order valence-corrected chi connectivity index (χ4v) is 5.72. The van der Waals surface area contributed by atoms with Crippen molar-refractivity contribution in [3.63, 3.8) is 0 Å². The van der Waals surface area contributed by atoms with E-state index in [1.54, 1.807) is 6.92 Å². The zero-order valence-electron chi connectivity index (χ0n) is 20.2. The minimum atomic E-state index is -3.91. The third-order valence-corrected chi connectivity index (χ3v) is 7.75. The van der Waals surface area contributed by atoms with Gasteiger partial charge in [-0.15, -0.1) is 0 Å². The number of nitrogens with one attached hydrogen (secondary N) is 1. The Bertz CT molecular complexity index is 1170. The molecule has 7 nitrogen and oxygen atoms in total. The molecule has 1 aliphatic carbocycles. The Hall–Kier alpha value is -2.36. The van der Waals surface area contributed by atoms with Gasteiger partial charge in [-0.3, -0.25) is 13.9 Å². The van der Waals surface area contributed by atoms with Gasteiger partial charge in [-0.05, 0) is 55.2 Å². The number of sulfonamides is 1. The van der Waals surface area contributed by atoms with Gasteiger partial charge in [0.05, 0.1) is 11.9 Å². The maximum Gasteiger partial charge on any atom is 0.244 e. The fraction of sp³-hybridized carbons (Fsp3) is 0.440. The molecule has 0 spiro atoms. The molecule has 0 bridgehead atoms. The molecule has 36 heavy (non-hydrogen) atoms. The van der Waals surface area contributed by atoms with Crippen LogP contribution < -0.4 is 9.62 Å². The van der Waals surface area contributed by atoms with Gasteiger partial charge in [0.15, 0.2) is 0 Å². The van der Waals surface area contributed by atoms with Gasteiger partial charge in [0.25, 0.3) is 0 Å². The quantitative estimate of drug-likeness (QED) is 0.456. The number of benzene rings is 2. The summed E-state index contributed by atoms with van der Waals surface area (Å²) in [6.45, 7) is 1.22. The minimum absolute atomic E-state index is 0.00358. The van der Waals surface area contributed by atoms with E-state index in [2.05, 4.69) is 5.32 Å². The summed E-state index contributed by atoms with van der Waals surface area (Å²) >= 11 is 12.1. The van der Waals surface area contributed by atoms with E-state index < -0.39 is 34.3 Å². The average Bonchev–Trinajstić information content (AvgIpc) is 3.30. The molecule has 196 valence electrons. The summed E-state index contributed by atoms with van der Waals surface area (Å²) in [6, 6.07) is 9.07. The average molecular weight is 559 g/mol. The lowest BCUT2D eigenvalue weighted by atomic mass is 10.1. The van der Waals surface area contributed by atoms with Gasteiger partial charge in [-0.2, -0.15) is 0 Å². The summed E-state index contributed by atoms with van der Waals surface area (Å²) in [5, 5.41) is 3.46. The summed E-state index contributed by atoms with van der Waals surface area (Å²) in [7, 11) is -3.91. The molecular weight excluding hydrogens is 528 g/mol. The Kier molecular flexibility index (Phi) is 9.60. The highest BCUT2D eigenvalue weighted by molar-refractivity contribution is 7.92. The van der Waals surface area contributed by atoms with Gasteiger partial charge in [-0.1, -0.05) is 55.1 Å². The van der Waals surface area contributed by atoms with Crippen LogP contribution in [0.15, 0.2) is 42.5 Å². The van der Waals surface area contributed by atoms with Crippen LogP contribution in [0, 0.1) is 5.82 Å². The Balaban J connectivity index is 1.93.